The van der Waals surface area contributed by atoms with Crippen LogP contribution in [0.15, 0.2) is 71.8 Å². The fraction of sp³-hybridized carbons (Fsp3) is 0.407. The van der Waals surface area contributed by atoms with Crippen molar-refractivity contribution in [2.24, 2.45) is 0 Å². The number of nitrogens with zero attached hydrogens (tertiary/aromatic N) is 1. The van der Waals surface area contributed by atoms with Crippen molar-refractivity contribution >= 4 is 30.6 Å². The van der Waals surface area contributed by atoms with Gasteiger partial charge in [-0.2, -0.15) is 0 Å². The van der Waals surface area contributed by atoms with E-state index in [1.165, 1.54) is 0 Å². The molecule has 34 heavy (non-hydrogen) atoms. The molecule has 2 aromatic carbocycles. The second-order valence-electron chi connectivity index (χ2n) is 10.4. The van der Waals surface area contributed by atoms with Crippen LogP contribution in [0.4, 0.5) is 4.79 Å². The van der Waals surface area contributed by atoms with Crippen molar-refractivity contribution < 1.29 is 23.9 Å². The Morgan fingerprint density at radius 1 is 1.03 bits per heavy atom. The summed E-state index contributed by atoms with van der Waals surface area (Å²) in [7, 11) is -2.89. The summed E-state index contributed by atoms with van der Waals surface area (Å²) in [6.07, 6.45) is -2.17. The van der Waals surface area contributed by atoms with E-state index in [4.69, 9.17) is 9.16 Å². The number of benzene rings is 2. The lowest BCUT2D eigenvalue weighted by atomic mass is 9.92. The number of rotatable bonds is 5. The van der Waals surface area contributed by atoms with Gasteiger partial charge in [0.25, 0.3) is 8.32 Å². The van der Waals surface area contributed by atoms with Gasteiger partial charge in [-0.15, -0.1) is 0 Å². The van der Waals surface area contributed by atoms with Gasteiger partial charge in [-0.05, 0) is 34.3 Å². The molecule has 2 aromatic rings. The first-order valence-electron chi connectivity index (χ1n) is 11.9. The molecular weight excluding hydrogens is 446 g/mol. The van der Waals surface area contributed by atoms with E-state index >= 15 is 0 Å². The van der Waals surface area contributed by atoms with Crippen molar-refractivity contribution in [2.45, 2.75) is 63.5 Å². The third kappa shape index (κ3) is 3.29. The van der Waals surface area contributed by atoms with Crippen LogP contribution in [0.25, 0.3) is 0 Å². The molecule has 7 heteroatoms. The van der Waals surface area contributed by atoms with E-state index in [0.29, 0.717) is 18.5 Å². The molecule has 0 spiro atoms. The zero-order chi connectivity index (χ0) is 24.3. The Morgan fingerprint density at radius 2 is 1.59 bits per heavy atom. The first kappa shape index (κ1) is 23.0. The van der Waals surface area contributed by atoms with E-state index < -0.39 is 38.8 Å². The zero-order valence-corrected chi connectivity index (χ0v) is 21.0. The number of piperidine rings is 1. The predicted molar refractivity (Wildman–Crippen MR) is 132 cm³/mol. The van der Waals surface area contributed by atoms with Crippen molar-refractivity contribution in [3.8, 4) is 0 Å². The maximum Gasteiger partial charge on any atom is 0.411 e. The average Bonchev–Trinajstić information content (AvgIpc) is 3.29. The topological polar surface area (TPSA) is 76.1 Å². The molecule has 0 saturated carbocycles. The molecule has 3 aliphatic rings. The number of Topliss-reactive ketones (excluding diaryl/α,β-unsaturated/α-hetero) is 1. The van der Waals surface area contributed by atoms with Gasteiger partial charge >= 0.3 is 6.09 Å². The van der Waals surface area contributed by atoms with Crippen LogP contribution < -0.4 is 10.4 Å². The van der Waals surface area contributed by atoms with Crippen molar-refractivity contribution in [3.05, 3.63) is 71.8 Å². The summed E-state index contributed by atoms with van der Waals surface area (Å²) < 4.78 is 12.8. The molecule has 0 radical (unpaired) electrons. The molecule has 178 valence electrons. The van der Waals surface area contributed by atoms with E-state index in [-0.39, 0.29) is 10.8 Å². The highest BCUT2D eigenvalue weighted by molar-refractivity contribution is 6.99. The van der Waals surface area contributed by atoms with Crippen molar-refractivity contribution in [1.82, 2.24) is 4.90 Å². The monoisotopic (exact) mass is 477 g/mol. The van der Waals surface area contributed by atoms with Crippen LogP contribution >= 0.6 is 0 Å². The lowest BCUT2D eigenvalue weighted by Crippen LogP contribution is -2.68. The van der Waals surface area contributed by atoms with Crippen LogP contribution in [0.3, 0.4) is 0 Å². The van der Waals surface area contributed by atoms with Gasteiger partial charge < -0.3 is 14.3 Å². The van der Waals surface area contributed by atoms with Gasteiger partial charge in [-0.3, -0.25) is 9.69 Å². The maximum atomic E-state index is 13.2. The standard InChI is InChI=1S/C27H31NO5Si/c1-17(29)21-22-20(15-16-28-23(22)25(24(21)30)32-26(28)31)33-34(27(2,3)4,18-11-7-5-8-12-18)19-13-9-6-10-14-19/h5-14,17,20,23,25,29H,15-16H2,1-4H3/t17-,20+,23+,25+/m1/s1. The molecule has 2 aliphatic heterocycles. The number of ketones is 1. The zero-order valence-electron chi connectivity index (χ0n) is 20.0. The largest absolute Gasteiger partial charge is 0.435 e. The normalized spacial score (nSPS) is 25.4. The third-order valence-corrected chi connectivity index (χ3v) is 12.4. The summed E-state index contributed by atoms with van der Waals surface area (Å²) in [5.41, 5.74) is 1.06. The predicted octanol–water partition coefficient (Wildman–Crippen LogP) is 2.78. The molecular formula is C27H31NO5Si. The Kier molecular flexibility index (Phi) is 5.54. The molecule has 2 fully saturated rings. The molecule has 2 saturated heterocycles. The summed E-state index contributed by atoms with van der Waals surface area (Å²) in [6, 6.07) is 20.2. The number of amides is 1. The number of hydrogen-bond donors (Lipinski definition) is 1. The minimum absolute atomic E-state index is 0.234. The molecule has 6 nitrogen and oxygen atoms in total. The van der Waals surface area contributed by atoms with Gasteiger partial charge in [-0.1, -0.05) is 81.4 Å². The highest BCUT2D eigenvalue weighted by Gasteiger charge is 2.60. The van der Waals surface area contributed by atoms with Crippen molar-refractivity contribution in [3.63, 3.8) is 0 Å². The minimum atomic E-state index is -2.89. The van der Waals surface area contributed by atoms with E-state index in [1.54, 1.807) is 11.8 Å². The Morgan fingerprint density at radius 3 is 2.09 bits per heavy atom. The van der Waals surface area contributed by atoms with Gasteiger partial charge in [0.05, 0.1) is 12.2 Å². The second kappa shape index (κ2) is 8.18. The van der Waals surface area contributed by atoms with Crippen LogP contribution in [0.1, 0.15) is 34.1 Å². The van der Waals surface area contributed by atoms with Crippen LogP contribution in [0.5, 0.6) is 0 Å². The Bertz CT molecular complexity index is 1100. The molecule has 0 aromatic heterocycles. The number of hydrogen-bond acceptors (Lipinski definition) is 5. The first-order valence-corrected chi connectivity index (χ1v) is 13.8. The average molecular weight is 478 g/mol. The Labute approximate surface area is 201 Å². The van der Waals surface area contributed by atoms with Crippen LogP contribution in [0.2, 0.25) is 5.04 Å². The highest BCUT2D eigenvalue weighted by atomic mass is 28.4. The lowest BCUT2D eigenvalue weighted by molar-refractivity contribution is -0.122. The fourth-order valence-electron chi connectivity index (χ4n) is 5.98. The van der Waals surface area contributed by atoms with Crippen molar-refractivity contribution in [1.29, 1.82) is 0 Å². The Hall–Kier alpha value is -2.74. The third-order valence-electron chi connectivity index (χ3n) is 7.37. The number of carbonyl (C=O) groups is 2. The smallest absolute Gasteiger partial charge is 0.411 e. The van der Waals surface area contributed by atoms with Crippen LogP contribution in [-0.2, 0) is 14.0 Å². The fourth-order valence-corrected chi connectivity index (χ4v) is 10.7. The number of ether oxygens (including phenoxy) is 1. The number of aliphatic hydroxyl groups excluding tert-OH is 1. The molecule has 4 atom stereocenters. The molecule has 0 bridgehead atoms. The molecule has 0 unspecified atom stereocenters. The molecule has 2 heterocycles. The summed E-state index contributed by atoms with van der Waals surface area (Å²) in [5, 5.41) is 12.6. The molecule has 1 amide bonds. The second-order valence-corrected chi connectivity index (χ2v) is 14.7. The van der Waals surface area contributed by atoms with Gasteiger partial charge in [0.15, 0.2) is 6.10 Å². The van der Waals surface area contributed by atoms with E-state index in [0.717, 1.165) is 15.9 Å². The number of aliphatic hydroxyl groups is 1. The van der Waals surface area contributed by atoms with Gasteiger partial charge in [0, 0.05) is 12.1 Å². The summed E-state index contributed by atoms with van der Waals surface area (Å²) in [5.74, 6) is -0.302. The SMILES string of the molecule is C[C@@H](O)C1=C2[C@@H](O[Si](c3ccccc3)(c3ccccc3)C(C)(C)C)CCN3C(=O)O[C@H](C1=O)[C@H]23. The highest BCUT2D eigenvalue weighted by Crippen LogP contribution is 2.46. The maximum absolute atomic E-state index is 13.2. The Balaban J connectivity index is 1.69. The summed E-state index contributed by atoms with van der Waals surface area (Å²) >= 11 is 0. The molecule has 1 aliphatic carbocycles. The quantitative estimate of drug-likeness (QED) is 0.671. The molecule has 5 rings (SSSR count). The lowest BCUT2D eigenvalue weighted by Gasteiger charge is -2.47. The van der Waals surface area contributed by atoms with E-state index in [2.05, 4.69) is 45.0 Å². The molecule has 1 N–H and O–H groups in total. The summed E-state index contributed by atoms with van der Waals surface area (Å²) in [6.45, 7) is 8.68. The van der Waals surface area contributed by atoms with Gasteiger partial charge in [-0.25, -0.2) is 4.79 Å². The van der Waals surface area contributed by atoms with Crippen LogP contribution in [-0.4, -0.2) is 61.1 Å². The van der Waals surface area contributed by atoms with E-state index in [9.17, 15) is 14.7 Å². The number of carbonyl (C=O) groups excluding carboxylic acids is 2. The van der Waals surface area contributed by atoms with Crippen molar-refractivity contribution in [2.75, 3.05) is 6.54 Å². The van der Waals surface area contributed by atoms with Gasteiger partial charge in [0.2, 0.25) is 5.78 Å². The minimum Gasteiger partial charge on any atom is -0.435 e. The van der Waals surface area contributed by atoms with E-state index in [1.807, 2.05) is 36.4 Å². The van der Waals surface area contributed by atoms with Crippen LogP contribution in [0, 0.1) is 0 Å². The van der Waals surface area contributed by atoms with Gasteiger partial charge in [0.1, 0.15) is 6.04 Å². The first-order chi connectivity index (χ1) is 16.2. The summed E-state index contributed by atoms with van der Waals surface area (Å²) in [4.78, 5) is 27.3.